The SMILES string of the molecule is O=C(NCC(O)c1ccccc1F)C1CCCN1C(=O)C1CCCC1. The van der Waals surface area contributed by atoms with Crippen molar-refractivity contribution in [3.8, 4) is 0 Å². The Morgan fingerprint density at radius 1 is 1.20 bits per heavy atom. The lowest BCUT2D eigenvalue weighted by Crippen LogP contribution is -2.48. The van der Waals surface area contributed by atoms with Gasteiger partial charge < -0.3 is 15.3 Å². The third-order valence-electron chi connectivity index (χ3n) is 5.28. The standard InChI is InChI=1S/C19H25FN2O3/c20-15-9-4-3-8-14(15)17(23)12-21-18(24)16-10-5-11-22(16)19(25)13-6-1-2-7-13/h3-4,8-9,13,16-17,23H,1-2,5-7,10-12H2,(H,21,24). The van der Waals surface area contributed by atoms with Gasteiger partial charge in [0.2, 0.25) is 11.8 Å². The molecule has 2 N–H and O–H groups in total. The molecule has 1 aromatic carbocycles. The predicted molar refractivity (Wildman–Crippen MR) is 91.1 cm³/mol. The highest BCUT2D eigenvalue weighted by atomic mass is 19.1. The number of aliphatic hydroxyl groups excluding tert-OH is 1. The first kappa shape index (κ1) is 17.9. The van der Waals surface area contributed by atoms with Crippen molar-refractivity contribution in [1.29, 1.82) is 0 Å². The Balaban J connectivity index is 1.56. The molecule has 3 rings (SSSR count). The van der Waals surface area contributed by atoms with Gasteiger partial charge in [0.05, 0.1) is 6.10 Å². The van der Waals surface area contributed by atoms with Crippen molar-refractivity contribution in [2.45, 2.75) is 50.7 Å². The summed E-state index contributed by atoms with van der Waals surface area (Å²) in [5, 5.41) is 12.8. The van der Waals surface area contributed by atoms with Crippen LogP contribution in [0.1, 0.15) is 50.2 Å². The first-order chi connectivity index (χ1) is 12.1. The minimum Gasteiger partial charge on any atom is -0.386 e. The number of amides is 2. The van der Waals surface area contributed by atoms with Crippen LogP contribution in [0.2, 0.25) is 0 Å². The van der Waals surface area contributed by atoms with E-state index in [-0.39, 0.29) is 29.8 Å². The summed E-state index contributed by atoms with van der Waals surface area (Å²) in [6.07, 6.45) is 4.33. The number of nitrogens with one attached hydrogen (secondary N) is 1. The monoisotopic (exact) mass is 348 g/mol. The van der Waals surface area contributed by atoms with E-state index in [4.69, 9.17) is 0 Å². The summed E-state index contributed by atoms with van der Waals surface area (Å²) >= 11 is 0. The second kappa shape index (κ2) is 7.95. The zero-order valence-electron chi connectivity index (χ0n) is 14.3. The normalized spacial score (nSPS) is 22.2. The highest BCUT2D eigenvalue weighted by molar-refractivity contribution is 5.89. The fourth-order valence-electron chi connectivity index (χ4n) is 3.88. The number of halogens is 1. The van der Waals surface area contributed by atoms with Gasteiger partial charge in [0, 0.05) is 24.6 Å². The molecule has 0 bridgehead atoms. The Labute approximate surface area is 147 Å². The van der Waals surface area contributed by atoms with Crippen LogP contribution in [0.4, 0.5) is 4.39 Å². The quantitative estimate of drug-likeness (QED) is 0.857. The first-order valence-corrected chi connectivity index (χ1v) is 9.08. The van der Waals surface area contributed by atoms with E-state index in [1.165, 1.54) is 12.1 Å². The predicted octanol–water partition coefficient (Wildman–Crippen LogP) is 2.16. The zero-order chi connectivity index (χ0) is 17.8. The van der Waals surface area contributed by atoms with Gasteiger partial charge in [0.15, 0.2) is 0 Å². The molecule has 2 atom stereocenters. The van der Waals surface area contributed by atoms with Crippen molar-refractivity contribution < 1.29 is 19.1 Å². The van der Waals surface area contributed by atoms with Crippen LogP contribution in [0.25, 0.3) is 0 Å². The van der Waals surface area contributed by atoms with Gasteiger partial charge in [-0.2, -0.15) is 0 Å². The number of rotatable bonds is 5. The van der Waals surface area contributed by atoms with Gasteiger partial charge in [0.25, 0.3) is 0 Å². The van der Waals surface area contributed by atoms with Crippen molar-refractivity contribution in [1.82, 2.24) is 10.2 Å². The molecule has 0 aromatic heterocycles. The summed E-state index contributed by atoms with van der Waals surface area (Å²) < 4.78 is 13.7. The Kier molecular flexibility index (Phi) is 5.68. The molecule has 6 heteroatoms. The summed E-state index contributed by atoms with van der Waals surface area (Å²) in [6.45, 7) is 0.547. The maximum Gasteiger partial charge on any atom is 0.242 e. The Morgan fingerprint density at radius 2 is 1.92 bits per heavy atom. The lowest BCUT2D eigenvalue weighted by Gasteiger charge is -2.27. The van der Waals surface area contributed by atoms with Gasteiger partial charge in [-0.25, -0.2) is 4.39 Å². The van der Waals surface area contributed by atoms with Crippen molar-refractivity contribution in [2.75, 3.05) is 13.1 Å². The number of likely N-dealkylation sites (tertiary alicyclic amines) is 1. The summed E-state index contributed by atoms with van der Waals surface area (Å²) in [6, 6.07) is 5.50. The van der Waals surface area contributed by atoms with Crippen molar-refractivity contribution in [2.24, 2.45) is 5.92 Å². The molecule has 1 heterocycles. The van der Waals surface area contributed by atoms with Crippen molar-refractivity contribution in [3.05, 3.63) is 35.6 Å². The Bertz CT molecular complexity index is 631. The molecule has 1 aliphatic carbocycles. The van der Waals surface area contributed by atoms with Crippen LogP contribution in [-0.4, -0.2) is 41.0 Å². The molecule has 136 valence electrons. The number of benzene rings is 1. The van der Waals surface area contributed by atoms with Crippen molar-refractivity contribution >= 4 is 11.8 Å². The van der Waals surface area contributed by atoms with Gasteiger partial charge in [-0.3, -0.25) is 9.59 Å². The van der Waals surface area contributed by atoms with E-state index in [0.717, 1.165) is 32.1 Å². The molecule has 2 amide bonds. The van der Waals surface area contributed by atoms with E-state index in [9.17, 15) is 19.1 Å². The average Bonchev–Trinajstić information content (AvgIpc) is 3.30. The summed E-state index contributed by atoms with van der Waals surface area (Å²) in [4.78, 5) is 26.8. The fraction of sp³-hybridized carbons (Fsp3) is 0.579. The summed E-state index contributed by atoms with van der Waals surface area (Å²) in [5.41, 5.74) is 0.160. The molecule has 1 saturated heterocycles. The molecule has 0 spiro atoms. The molecule has 2 unspecified atom stereocenters. The molecule has 25 heavy (non-hydrogen) atoms. The summed E-state index contributed by atoms with van der Waals surface area (Å²) in [5.74, 6) is -0.621. The topological polar surface area (TPSA) is 69.6 Å². The molecule has 1 aliphatic heterocycles. The molecule has 0 radical (unpaired) electrons. The van der Waals surface area contributed by atoms with Crippen LogP contribution < -0.4 is 5.32 Å². The van der Waals surface area contributed by atoms with Crippen LogP contribution in [0.15, 0.2) is 24.3 Å². The van der Waals surface area contributed by atoms with Crippen LogP contribution in [0.3, 0.4) is 0 Å². The van der Waals surface area contributed by atoms with Gasteiger partial charge in [-0.15, -0.1) is 0 Å². The van der Waals surface area contributed by atoms with Crippen molar-refractivity contribution in [3.63, 3.8) is 0 Å². The van der Waals surface area contributed by atoms with Gasteiger partial charge in [0.1, 0.15) is 11.9 Å². The molecule has 2 aliphatic rings. The highest BCUT2D eigenvalue weighted by Crippen LogP contribution is 2.29. The van der Waals surface area contributed by atoms with Gasteiger partial charge in [-0.1, -0.05) is 31.0 Å². The second-order valence-corrected chi connectivity index (χ2v) is 6.95. The summed E-state index contributed by atoms with van der Waals surface area (Å²) in [7, 11) is 0. The van der Waals surface area contributed by atoms with E-state index < -0.39 is 18.0 Å². The largest absolute Gasteiger partial charge is 0.386 e. The number of aliphatic hydroxyl groups is 1. The third-order valence-corrected chi connectivity index (χ3v) is 5.28. The maximum absolute atomic E-state index is 13.7. The van der Waals surface area contributed by atoms with E-state index in [2.05, 4.69) is 5.32 Å². The number of hydrogen-bond donors (Lipinski definition) is 2. The smallest absolute Gasteiger partial charge is 0.242 e. The van der Waals surface area contributed by atoms with E-state index >= 15 is 0 Å². The second-order valence-electron chi connectivity index (χ2n) is 6.95. The van der Waals surface area contributed by atoms with Crippen LogP contribution in [0.5, 0.6) is 0 Å². The van der Waals surface area contributed by atoms with Gasteiger partial charge >= 0.3 is 0 Å². The Morgan fingerprint density at radius 3 is 2.64 bits per heavy atom. The number of carbonyl (C=O) groups is 2. The van der Waals surface area contributed by atoms with Crippen LogP contribution in [-0.2, 0) is 9.59 Å². The number of nitrogens with zero attached hydrogens (tertiary/aromatic N) is 1. The minimum absolute atomic E-state index is 0.0532. The first-order valence-electron chi connectivity index (χ1n) is 9.08. The molecular formula is C19H25FN2O3. The zero-order valence-corrected chi connectivity index (χ0v) is 14.3. The molecule has 1 saturated carbocycles. The molecule has 1 aromatic rings. The van der Waals surface area contributed by atoms with E-state index in [1.54, 1.807) is 17.0 Å². The van der Waals surface area contributed by atoms with Crippen LogP contribution in [0, 0.1) is 11.7 Å². The minimum atomic E-state index is -1.11. The highest BCUT2D eigenvalue weighted by Gasteiger charge is 2.37. The number of hydrogen-bond acceptors (Lipinski definition) is 3. The Hall–Kier alpha value is -1.95. The lowest BCUT2D eigenvalue weighted by molar-refractivity contribution is -0.141. The molecular weight excluding hydrogens is 323 g/mol. The maximum atomic E-state index is 13.7. The van der Waals surface area contributed by atoms with E-state index in [0.29, 0.717) is 13.0 Å². The van der Waals surface area contributed by atoms with E-state index in [1.807, 2.05) is 0 Å². The van der Waals surface area contributed by atoms with Crippen LogP contribution >= 0.6 is 0 Å². The lowest BCUT2D eigenvalue weighted by atomic mass is 10.1. The molecule has 2 fully saturated rings. The van der Waals surface area contributed by atoms with Gasteiger partial charge in [-0.05, 0) is 31.7 Å². The average molecular weight is 348 g/mol. The third kappa shape index (κ3) is 4.00. The fourth-order valence-corrected chi connectivity index (χ4v) is 3.88. The molecule has 5 nitrogen and oxygen atoms in total. The number of carbonyl (C=O) groups excluding carboxylic acids is 2.